The second-order valence-electron chi connectivity index (χ2n) is 5.86. The summed E-state index contributed by atoms with van der Waals surface area (Å²) in [7, 11) is 1.70. The SMILES string of the molecule is CN(CC(=O)Nc1cccnc1Cl)CC(=O)NC(C)(C)C. The Labute approximate surface area is 129 Å². The molecule has 1 rings (SSSR count). The summed E-state index contributed by atoms with van der Waals surface area (Å²) in [5.41, 5.74) is 0.167. The molecule has 21 heavy (non-hydrogen) atoms. The van der Waals surface area contributed by atoms with Crippen LogP contribution in [0.3, 0.4) is 0 Å². The van der Waals surface area contributed by atoms with Crippen molar-refractivity contribution in [1.82, 2.24) is 15.2 Å². The number of nitrogens with zero attached hydrogens (tertiary/aromatic N) is 2. The number of rotatable bonds is 5. The van der Waals surface area contributed by atoms with Crippen molar-refractivity contribution < 1.29 is 9.59 Å². The average Bonchev–Trinajstić information content (AvgIpc) is 2.28. The first kappa shape index (κ1) is 17.4. The maximum atomic E-state index is 11.9. The zero-order valence-electron chi connectivity index (χ0n) is 12.7. The van der Waals surface area contributed by atoms with Crippen molar-refractivity contribution in [2.24, 2.45) is 0 Å². The number of aromatic nitrogens is 1. The first-order chi connectivity index (χ1) is 9.67. The Morgan fingerprint density at radius 2 is 1.90 bits per heavy atom. The molecule has 2 N–H and O–H groups in total. The molecule has 0 unspecified atom stereocenters. The van der Waals surface area contributed by atoms with Gasteiger partial charge in [-0.15, -0.1) is 0 Å². The summed E-state index contributed by atoms with van der Waals surface area (Å²) in [6.45, 7) is 5.94. The van der Waals surface area contributed by atoms with Gasteiger partial charge >= 0.3 is 0 Å². The lowest BCUT2D eigenvalue weighted by atomic mass is 10.1. The van der Waals surface area contributed by atoms with Crippen LogP contribution < -0.4 is 10.6 Å². The van der Waals surface area contributed by atoms with Crippen LogP contribution in [0.4, 0.5) is 5.69 Å². The Bertz CT molecular complexity index is 514. The highest BCUT2D eigenvalue weighted by Crippen LogP contribution is 2.17. The number of carbonyl (C=O) groups is 2. The molecule has 1 aromatic heterocycles. The summed E-state index contributed by atoms with van der Waals surface area (Å²) >= 11 is 5.86. The van der Waals surface area contributed by atoms with Gasteiger partial charge in [0.2, 0.25) is 11.8 Å². The maximum Gasteiger partial charge on any atom is 0.238 e. The molecule has 6 nitrogen and oxygen atoms in total. The predicted molar refractivity (Wildman–Crippen MR) is 83.3 cm³/mol. The Morgan fingerprint density at radius 1 is 1.29 bits per heavy atom. The molecular weight excluding hydrogens is 292 g/mol. The number of likely N-dealkylation sites (N-methyl/N-ethyl adjacent to an activating group) is 1. The van der Waals surface area contributed by atoms with E-state index in [4.69, 9.17) is 11.6 Å². The standard InChI is InChI=1S/C14H21ClN4O2/c1-14(2,3)18-12(21)9-19(4)8-11(20)17-10-6-5-7-16-13(10)15/h5-7H,8-9H2,1-4H3,(H,17,20)(H,18,21). The van der Waals surface area contributed by atoms with Gasteiger partial charge in [0.25, 0.3) is 0 Å². The molecule has 116 valence electrons. The third kappa shape index (κ3) is 7.06. The Kier molecular flexibility index (Phi) is 6.11. The zero-order chi connectivity index (χ0) is 16.0. The minimum absolute atomic E-state index is 0.0861. The van der Waals surface area contributed by atoms with Gasteiger partial charge in [0.1, 0.15) is 0 Å². The summed E-state index contributed by atoms with van der Waals surface area (Å²) in [6, 6.07) is 3.35. The van der Waals surface area contributed by atoms with Crippen LogP contribution in [0.5, 0.6) is 0 Å². The smallest absolute Gasteiger partial charge is 0.238 e. The molecule has 0 bridgehead atoms. The molecule has 0 saturated carbocycles. The molecule has 0 spiro atoms. The summed E-state index contributed by atoms with van der Waals surface area (Å²) < 4.78 is 0. The molecule has 0 saturated heterocycles. The van der Waals surface area contributed by atoms with Crippen molar-refractivity contribution in [3.05, 3.63) is 23.5 Å². The fraction of sp³-hybridized carbons (Fsp3) is 0.500. The van der Waals surface area contributed by atoms with Gasteiger partial charge in [-0.25, -0.2) is 4.98 Å². The second-order valence-corrected chi connectivity index (χ2v) is 6.22. The third-order valence-electron chi connectivity index (χ3n) is 2.37. The quantitative estimate of drug-likeness (QED) is 0.808. The van der Waals surface area contributed by atoms with Crippen molar-refractivity contribution in [2.45, 2.75) is 26.3 Å². The highest BCUT2D eigenvalue weighted by Gasteiger charge is 2.16. The van der Waals surface area contributed by atoms with Gasteiger partial charge in [-0.3, -0.25) is 14.5 Å². The van der Waals surface area contributed by atoms with Crippen LogP contribution in [0.2, 0.25) is 5.15 Å². The lowest BCUT2D eigenvalue weighted by molar-refractivity contribution is -0.124. The molecule has 0 aliphatic rings. The van der Waals surface area contributed by atoms with Gasteiger partial charge in [-0.05, 0) is 40.0 Å². The lowest BCUT2D eigenvalue weighted by Gasteiger charge is -2.23. The van der Waals surface area contributed by atoms with Crippen LogP contribution in [0.1, 0.15) is 20.8 Å². The molecule has 0 atom stereocenters. The van der Waals surface area contributed by atoms with E-state index in [1.807, 2.05) is 20.8 Å². The van der Waals surface area contributed by atoms with Gasteiger partial charge < -0.3 is 10.6 Å². The maximum absolute atomic E-state index is 11.9. The fourth-order valence-corrected chi connectivity index (χ4v) is 1.84. The second kappa shape index (κ2) is 7.38. The molecule has 2 amide bonds. The van der Waals surface area contributed by atoms with Crippen molar-refractivity contribution in [3.8, 4) is 0 Å². The number of nitrogens with one attached hydrogen (secondary N) is 2. The molecule has 0 radical (unpaired) electrons. The highest BCUT2D eigenvalue weighted by atomic mass is 35.5. The molecule has 0 aromatic carbocycles. The van der Waals surface area contributed by atoms with Crippen molar-refractivity contribution in [3.63, 3.8) is 0 Å². The van der Waals surface area contributed by atoms with Crippen LogP contribution in [-0.2, 0) is 9.59 Å². The summed E-state index contributed by atoms with van der Waals surface area (Å²) in [5, 5.41) is 5.73. The van der Waals surface area contributed by atoms with Gasteiger partial charge in [0, 0.05) is 11.7 Å². The topological polar surface area (TPSA) is 74.3 Å². The van der Waals surface area contributed by atoms with E-state index in [2.05, 4.69) is 15.6 Å². The summed E-state index contributed by atoms with van der Waals surface area (Å²) in [6.07, 6.45) is 1.54. The highest BCUT2D eigenvalue weighted by molar-refractivity contribution is 6.32. The van der Waals surface area contributed by atoms with E-state index in [9.17, 15) is 9.59 Å². The predicted octanol–water partition coefficient (Wildman–Crippen LogP) is 1.52. The summed E-state index contributed by atoms with van der Waals surface area (Å²) in [5.74, 6) is -0.381. The molecular formula is C14H21ClN4O2. The zero-order valence-corrected chi connectivity index (χ0v) is 13.5. The molecule has 1 heterocycles. The fourth-order valence-electron chi connectivity index (χ4n) is 1.67. The number of anilines is 1. The Hall–Kier alpha value is -1.66. The molecule has 0 aliphatic heterocycles. The first-order valence-corrected chi connectivity index (χ1v) is 6.95. The lowest BCUT2D eigenvalue weighted by Crippen LogP contribution is -2.46. The van der Waals surface area contributed by atoms with Crippen LogP contribution >= 0.6 is 11.6 Å². The monoisotopic (exact) mass is 312 g/mol. The molecule has 0 fully saturated rings. The number of amides is 2. The Morgan fingerprint density at radius 3 is 2.48 bits per heavy atom. The first-order valence-electron chi connectivity index (χ1n) is 6.57. The van der Waals surface area contributed by atoms with E-state index in [1.165, 1.54) is 0 Å². The third-order valence-corrected chi connectivity index (χ3v) is 2.68. The number of hydrogen-bond donors (Lipinski definition) is 2. The van der Waals surface area contributed by atoms with E-state index >= 15 is 0 Å². The Balaban J connectivity index is 2.44. The van der Waals surface area contributed by atoms with Gasteiger partial charge in [0.05, 0.1) is 18.8 Å². The van der Waals surface area contributed by atoms with E-state index in [-0.39, 0.29) is 35.6 Å². The van der Waals surface area contributed by atoms with Crippen LogP contribution in [0.25, 0.3) is 0 Å². The normalized spacial score (nSPS) is 11.3. The van der Waals surface area contributed by atoms with Crippen LogP contribution in [0.15, 0.2) is 18.3 Å². The number of hydrogen-bond acceptors (Lipinski definition) is 4. The number of pyridine rings is 1. The van der Waals surface area contributed by atoms with E-state index < -0.39 is 0 Å². The van der Waals surface area contributed by atoms with Crippen LogP contribution in [-0.4, -0.2) is 47.4 Å². The van der Waals surface area contributed by atoms with Crippen molar-refractivity contribution in [2.75, 3.05) is 25.5 Å². The van der Waals surface area contributed by atoms with Crippen molar-refractivity contribution >= 4 is 29.1 Å². The summed E-state index contributed by atoms with van der Waals surface area (Å²) in [4.78, 5) is 29.1. The van der Waals surface area contributed by atoms with Gasteiger partial charge in [-0.2, -0.15) is 0 Å². The number of halogens is 1. The largest absolute Gasteiger partial charge is 0.350 e. The molecule has 0 aliphatic carbocycles. The van der Waals surface area contributed by atoms with Crippen LogP contribution in [0, 0.1) is 0 Å². The average molecular weight is 313 g/mol. The number of carbonyl (C=O) groups excluding carboxylic acids is 2. The van der Waals surface area contributed by atoms with Gasteiger partial charge in [0.15, 0.2) is 5.15 Å². The minimum atomic E-state index is -0.288. The van der Waals surface area contributed by atoms with Crippen molar-refractivity contribution in [1.29, 1.82) is 0 Å². The molecule has 1 aromatic rings. The molecule has 7 heteroatoms. The van der Waals surface area contributed by atoms with E-state index in [0.29, 0.717) is 5.69 Å². The van der Waals surface area contributed by atoms with Gasteiger partial charge in [-0.1, -0.05) is 11.6 Å². The minimum Gasteiger partial charge on any atom is -0.350 e. The van der Waals surface area contributed by atoms with E-state index in [0.717, 1.165) is 0 Å². The van der Waals surface area contributed by atoms with E-state index in [1.54, 1.807) is 30.3 Å².